The van der Waals surface area contributed by atoms with Crippen LogP contribution in [0.4, 0.5) is 0 Å². The second-order valence-corrected chi connectivity index (χ2v) is 4.44. The van der Waals surface area contributed by atoms with E-state index in [-0.39, 0.29) is 6.10 Å². The van der Waals surface area contributed by atoms with Crippen LogP contribution in [0.2, 0.25) is 0 Å². The summed E-state index contributed by atoms with van der Waals surface area (Å²) in [7, 11) is 0. The van der Waals surface area contributed by atoms with Crippen molar-refractivity contribution in [2.45, 2.75) is 19.6 Å². The maximum atomic E-state index is 5.69. The zero-order valence-corrected chi connectivity index (χ0v) is 10.7. The van der Waals surface area contributed by atoms with Gasteiger partial charge in [0.05, 0.1) is 12.3 Å². The van der Waals surface area contributed by atoms with Crippen LogP contribution < -0.4 is 9.47 Å². The fraction of sp³-hybridized carbons (Fsp3) is 0.357. The Morgan fingerprint density at radius 3 is 2.63 bits per heavy atom. The summed E-state index contributed by atoms with van der Waals surface area (Å²) in [5.41, 5.74) is 0.842. The molecule has 1 aromatic heterocycles. The summed E-state index contributed by atoms with van der Waals surface area (Å²) >= 11 is 0. The number of para-hydroxylation sites is 2. The largest absolute Gasteiger partial charge is 0.487 e. The van der Waals surface area contributed by atoms with Crippen LogP contribution in [0.15, 0.2) is 34.9 Å². The van der Waals surface area contributed by atoms with Crippen molar-refractivity contribution in [1.82, 2.24) is 5.16 Å². The molecule has 2 aromatic rings. The molecule has 0 radical (unpaired) electrons. The third-order valence-electron chi connectivity index (χ3n) is 2.72. The van der Waals surface area contributed by atoms with Gasteiger partial charge in [-0.25, -0.2) is 0 Å². The predicted octanol–water partition coefficient (Wildman–Crippen LogP) is 2.34. The smallest absolute Gasteiger partial charge is 0.174 e. The van der Waals surface area contributed by atoms with Gasteiger partial charge in [-0.2, -0.15) is 0 Å². The van der Waals surface area contributed by atoms with Crippen LogP contribution in [0.3, 0.4) is 0 Å². The Kier molecular flexibility index (Phi) is 3.37. The summed E-state index contributed by atoms with van der Waals surface area (Å²) in [6, 6.07) is 9.41. The van der Waals surface area contributed by atoms with Crippen LogP contribution in [-0.4, -0.2) is 24.5 Å². The van der Waals surface area contributed by atoms with E-state index in [0.717, 1.165) is 12.3 Å². The molecule has 1 saturated heterocycles. The minimum Gasteiger partial charge on any atom is -0.487 e. The quantitative estimate of drug-likeness (QED) is 0.747. The van der Waals surface area contributed by atoms with Gasteiger partial charge < -0.3 is 18.7 Å². The Morgan fingerprint density at radius 1 is 1.26 bits per heavy atom. The number of epoxide rings is 1. The van der Waals surface area contributed by atoms with Crippen molar-refractivity contribution in [3.05, 3.63) is 41.8 Å². The summed E-state index contributed by atoms with van der Waals surface area (Å²) in [5, 5.41) is 3.82. The highest BCUT2D eigenvalue weighted by Crippen LogP contribution is 2.28. The standard InChI is InChI=1S/C14H15NO4/c1-10-6-11(19-15-10)7-17-13-4-2-3-5-14(13)18-9-12-8-16-12/h2-6,12H,7-9H2,1H3. The molecule has 3 rings (SSSR count). The van der Waals surface area contributed by atoms with E-state index in [1.165, 1.54) is 0 Å². The first kappa shape index (κ1) is 12.0. The van der Waals surface area contributed by atoms with Gasteiger partial charge in [-0.3, -0.25) is 0 Å². The summed E-state index contributed by atoms with van der Waals surface area (Å²) < 4.78 is 21.6. The molecule has 100 valence electrons. The molecule has 1 aromatic carbocycles. The first-order chi connectivity index (χ1) is 9.31. The maximum absolute atomic E-state index is 5.69. The topological polar surface area (TPSA) is 57.0 Å². The number of ether oxygens (including phenoxy) is 3. The summed E-state index contributed by atoms with van der Waals surface area (Å²) in [6.07, 6.45) is 0.227. The van der Waals surface area contributed by atoms with Gasteiger partial charge in [0.1, 0.15) is 19.3 Å². The molecule has 2 heterocycles. The summed E-state index contributed by atoms with van der Waals surface area (Å²) in [5.74, 6) is 2.10. The lowest BCUT2D eigenvalue weighted by Crippen LogP contribution is -2.05. The van der Waals surface area contributed by atoms with Crippen LogP contribution in [0.5, 0.6) is 11.5 Å². The minimum absolute atomic E-state index is 0.227. The average Bonchev–Trinajstić information content (AvgIpc) is 3.17. The van der Waals surface area contributed by atoms with Crippen molar-refractivity contribution in [2.75, 3.05) is 13.2 Å². The number of rotatable bonds is 6. The van der Waals surface area contributed by atoms with Crippen LogP contribution in [-0.2, 0) is 11.3 Å². The zero-order valence-electron chi connectivity index (χ0n) is 10.7. The van der Waals surface area contributed by atoms with Crippen molar-refractivity contribution < 1.29 is 18.7 Å². The van der Waals surface area contributed by atoms with E-state index >= 15 is 0 Å². The van der Waals surface area contributed by atoms with Gasteiger partial charge in [-0.1, -0.05) is 17.3 Å². The number of benzene rings is 1. The molecule has 0 aliphatic carbocycles. The van der Waals surface area contributed by atoms with E-state index in [2.05, 4.69) is 5.16 Å². The third-order valence-corrected chi connectivity index (χ3v) is 2.72. The average molecular weight is 261 g/mol. The molecule has 1 atom stereocenters. The molecule has 5 nitrogen and oxygen atoms in total. The minimum atomic E-state index is 0.227. The zero-order chi connectivity index (χ0) is 13.1. The molecule has 0 amide bonds. The molecule has 1 unspecified atom stereocenters. The first-order valence-electron chi connectivity index (χ1n) is 6.20. The first-order valence-corrected chi connectivity index (χ1v) is 6.20. The molecule has 19 heavy (non-hydrogen) atoms. The van der Waals surface area contributed by atoms with Gasteiger partial charge >= 0.3 is 0 Å². The van der Waals surface area contributed by atoms with Crippen LogP contribution >= 0.6 is 0 Å². The van der Waals surface area contributed by atoms with Crippen molar-refractivity contribution in [3.63, 3.8) is 0 Å². The number of aryl methyl sites for hydroxylation is 1. The molecule has 5 heteroatoms. The SMILES string of the molecule is Cc1cc(COc2ccccc2OCC2CO2)on1. The van der Waals surface area contributed by atoms with Crippen LogP contribution in [0.25, 0.3) is 0 Å². The monoisotopic (exact) mass is 261 g/mol. The van der Waals surface area contributed by atoms with Gasteiger partial charge in [0.15, 0.2) is 17.3 Å². The van der Waals surface area contributed by atoms with Crippen molar-refractivity contribution >= 4 is 0 Å². The normalized spacial score (nSPS) is 17.2. The Hall–Kier alpha value is -2.01. The molecular formula is C14H15NO4. The van der Waals surface area contributed by atoms with E-state index in [1.807, 2.05) is 37.3 Å². The van der Waals surface area contributed by atoms with E-state index in [9.17, 15) is 0 Å². The fourth-order valence-electron chi connectivity index (χ4n) is 1.67. The van der Waals surface area contributed by atoms with Crippen LogP contribution in [0.1, 0.15) is 11.5 Å². The Labute approximate surface area is 111 Å². The molecule has 0 bridgehead atoms. The number of hydrogen-bond acceptors (Lipinski definition) is 5. The maximum Gasteiger partial charge on any atom is 0.174 e. The van der Waals surface area contributed by atoms with Crippen LogP contribution in [0, 0.1) is 6.92 Å². The van der Waals surface area contributed by atoms with E-state index in [4.69, 9.17) is 18.7 Å². The van der Waals surface area contributed by atoms with Gasteiger partial charge in [0.25, 0.3) is 0 Å². The Bertz CT molecular complexity index is 548. The van der Waals surface area contributed by atoms with Crippen molar-refractivity contribution in [3.8, 4) is 11.5 Å². The number of aromatic nitrogens is 1. The summed E-state index contributed by atoms with van der Waals surface area (Å²) in [6.45, 7) is 3.54. The Morgan fingerprint density at radius 2 is 2.00 bits per heavy atom. The predicted molar refractivity (Wildman–Crippen MR) is 67.2 cm³/mol. The third kappa shape index (κ3) is 3.26. The lowest BCUT2D eigenvalue weighted by molar-refractivity contribution is 0.220. The van der Waals surface area contributed by atoms with Gasteiger partial charge in [0, 0.05) is 6.07 Å². The van der Waals surface area contributed by atoms with E-state index in [1.54, 1.807) is 0 Å². The highest BCUT2D eigenvalue weighted by Gasteiger charge is 2.23. The van der Waals surface area contributed by atoms with Crippen molar-refractivity contribution in [1.29, 1.82) is 0 Å². The van der Waals surface area contributed by atoms with Gasteiger partial charge in [-0.15, -0.1) is 0 Å². The molecule has 0 N–H and O–H groups in total. The fourth-order valence-corrected chi connectivity index (χ4v) is 1.67. The van der Waals surface area contributed by atoms with E-state index in [0.29, 0.717) is 30.5 Å². The lowest BCUT2D eigenvalue weighted by atomic mass is 10.3. The molecule has 1 fully saturated rings. The molecule has 0 spiro atoms. The molecule has 1 aliphatic rings. The molecule has 0 saturated carbocycles. The second-order valence-electron chi connectivity index (χ2n) is 4.44. The lowest BCUT2D eigenvalue weighted by Gasteiger charge is -2.10. The van der Waals surface area contributed by atoms with E-state index < -0.39 is 0 Å². The number of hydrogen-bond donors (Lipinski definition) is 0. The van der Waals surface area contributed by atoms with Gasteiger partial charge in [0.2, 0.25) is 0 Å². The molecule has 1 aliphatic heterocycles. The molecular weight excluding hydrogens is 246 g/mol. The number of nitrogens with zero attached hydrogens (tertiary/aromatic N) is 1. The highest BCUT2D eigenvalue weighted by molar-refractivity contribution is 5.39. The van der Waals surface area contributed by atoms with Crippen molar-refractivity contribution in [2.24, 2.45) is 0 Å². The highest BCUT2D eigenvalue weighted by atomic mass is 16.6. The summed E-state index contributed by atoms with van der Waals surface area (Å²) in [4.78, 5) is 0. The van der Waals surface area contributed by atoms with Gasteiger partial charge in [-0.05, 0) is 19.1 Å². The Balaban J connectivity index is 1.62. The second kappa shape index (κ2) is 5.32.